The van der Waals surface area contributed by atoms with Crippen LogP contribution in [0.3, 0.4) is 0 Å². The van der Waals surface area contributed by atoms with Crippen molar-refractivity contribution >= 4 is 17.2 Å². The quantitative estimate of drug-likeness (QED) is 0.719. The van der Waals surface area contributed by atoms with Crippen molar-refractivity contribution in [1.29, 1.82) is 0 Å². The average Bonchev–Trinajstić information content (AvgIpc) is 3.20. The van der Waals surface area contributed by atoms with Gasteiger partial charge in [0.15, 0.2) is 0 Å². The van der Waals surface area contributed by atoms with E-state index in [4.69, 9.17) is 0 Å². The van der Waals surface area contributed by atoms with Gasteiger partial charge >= 0.3 is 0 Å². The Bertz CT molecular complexity index is 785. The average molecular weight is 331 g/mol. The zero-order valence-electron chi connectivity index (χ0n) is 12.4. The summed E-state index contributed by atoms with van der Waals surface area (Å²) in [5, 5.41) is 13.9. The van der Waals surface area contributed by atoms with Gasteiger partial charge in [-0.2, -0.15) is 4.80 Å². The van der Waals surface area contributed by atoms with E-state index in [0.717, 1.165) is 4.88 Å². The Balaban J connectivity index is 1.64. The maximum absolute atomic E-state index is 12.9. The van der Waals surface area contributed by atoms with Gasteiger partial charge < -0.3 is 4.90 Å². The van der Waals surface area contributed by atoms with Crippen LogP contribution in [0.5, 0.6) is 0 Å². The molecular weight excluding hydrogens is 317 g/mol. The Hall–Kier alpha value is -2.61. The SMILES string of the molecule is CN(Cc1cccs1)C(=O)Cn1nnc(-c2ccc(F)cc2)n1. The molecule has 3 rings (SSSR count). The second-order valence-corrected chi connectivity index (χ2v) is 6.01. The Morgan fingerprint density at radius 1 is 1.30 bits per heavy atom. The normalized spacial score (nSPS) is 10.7. The molecule has 118 valence electrons. The van der Waals surface area contributed by atoms with E-state index in [2.05, 4.69) is 15.4 Å². The molecule has 0 atom stereocenters. The number of rotatable bonds is 5. The summed E-state index contributed by atoms with van der Waals surface area (Å²) in [6.45, 7) is 0.562. The first kappa shape index (κ1) is 15.3. The lowest BCUT2D eigenvalue weighted by Gasteiger charge is -2.15. The molecule has 0 bridgehead atoms. The van der Waals surface area contributed by atoms with Crippen LogP contribution in [-0.4, -0.2) is 38.1 Å². The highest BCUT2D eigenvalue weighted by atomic mass is 32.1. The molecule has 0 aliphatic rings. The Morgan fingerprint density at radius 2 is 2.09 bits per heavy atom. The zero-order valence-corrected chi connectivity index (χ0v) is 13.2. The second-order valence-electron chi connectivity index (χ2n) is 4.98. The molecule has 0 unspecified atom stereocenters. The molecule has 0 aliphatic carbocycles. The first-order valence-corrected chi connectivity index (χ1v) is 7.80. The Labute approximate surface area is 136 Å². The van der Waals surface area contributed by atoms with E-state index in [0.29, 0.717) is 17.9 Å². The monoisotopic (exact) mass is 331 g/mol. The summed E-state index contributed by atoms with van der Waals surface area (Å²) in [6.07, 6.45) is 0. The van der Waals surface area contributed by atoms with Crippen LogP contribution in [0.25, 0.3) is 11.4 Å². The van der Waals surface area contributed by atoms with Crippen molar-refractivity contribution in [2.24, 2.45) is 0 Å². The summed E-state index contributed by atoms with van der Waals surface area (Å²) in [6, 6.07) is 9.73. The van der Waals surface area contributed by atoms with Crippen molar-refractivity contribution in [3.05, 3.63) is 52.5 Å². The van der Waals surface area contributed by atoms with Gasteiger partial charge in [0.25, 0.3) is 0 Å². The van der Waals surface area contributed by atoms with Crippen LogP contribution in [-0.2, 0) is 17.9 Å². The lowest BCUT2D eigenvalue weighted by molar-refractivity contribution is -0.131. The fourth-order valence-corrected chi connectivity index (χ4v) is 2.75. The third kappa shape index (κ3) is 3.78. The Morgan fingerprint density at radius 3 is 2.78 bits per heavy atom. The van der Waals surface area contributed by atoms with Crippen molar-refractivity contribution in [3.63, 3.8) is 0 Å². The van der Waals surface area contributed by atoms with Crippen molar-refractivity contribution < 1.29 is 9.18 Å². The molecule has 0 saturated carbocycles. The molecule has 2 aromatic heterocycles. The second kappa shape index (κ2) is 6.66. The summed E-state index contributed by atoms with van der Waals surface area (Å²) in [5.74, 6) is -0.0771. The van der Waals surface area contributed by atoms with Crippen LogP contribution < -0.4 is 0 Å². The highest BCUT2D eigenvalue weighted by Gasteiger charge is 2.13. The molecule has 0 spiro atoms. The van der Waals surface area contributed by atoms with Crippen molar-refractivity contribution in [2.45, 2.75) is 13.1 Å². The predicted octanol–water partition coefficient (Wildman–Crippen LogP) is 2.20. The van der Waals surface area contributed by atoms with E-state index in [1.54, 1.807) is 35.4 Å². The number of benzene rings is 1. The molecule has 0 saturated heterocycles. The summed E-state index contributed by atoms with van der Waals surface area (Å²) in [5.41, 5.74) is 0.650. The van der Waals surface area contributed by atoms with Crippen LogP contribution >= 0.6 is 11.3 Å². The fraction of sp³-hybridized carbons (Fsp3) is 0.200. The number of carbonyl (C=O) groups is 1. The van der Waals surface area contributed by atoms with Crippen LogP contribution in [0.4, 0.5) is 4.39 Å². The number of halogens is 1. The standard InChI is InChI=1S/C15H14FN5OS/c1-20(9-13-3-2-8-23-13)14(22)10-21-18-15(17-19-21)11-4-6-12(16)7-5-11/h2-8H,9-10H2,1H3. The Kier molecular flexibility index (Phi) is 4.42. The highest BCUT2D eigenvalue weighted by molar-refractivity contribution is 7.09. The molecule has 1 aromatic carbocycles. The van der Waals surface area contributed by atoms with E-state index in [1.165, 1.54) is 16.9 Å². The number of carbonyl (C=O) groups excluding carboxylic acids is 1. The fourth-order valence-electron chi connectivity index (χ4n) is 1.99. The number of hydrogen-bond acceptors (Lipinski definition) is 5. The first-order chi connectivity index (χ1) is 11.1. The molecule has 23 heavy (non-hydrogen) atoms. The number of aromatic nitrogens is 4. The topological polar surface area (TPSA) is 63.9 Å². The summed E-state index contributed by atoms with van der Waals surface area (Å²) in [4.78, 5) is 16.2. The molecule has 3 aromatic rings. The summed E-state index contributed by atoms with van der Waals surface area (Å²) >= 11 is 1.60. The van der Waals surface area contributed by atoms with Crippen LogP contribution in [0.15, 0.2) is 41.8 Å². The number of nitrogens with zero attached hydrogens (tertiary/aromatic N) is 5. The summed E-state index contributed by atoms with van der Waals surface area (Å²) in [7, 11) is 1.74. The van der Waals surface area contributed by atoms with E-state index in [-0.39, 0.29) is 18.3 Å². The number of amides is 1. The van der Waals surface area contributed by atoms with Gasteiger partial charge in [-0.1, -0.05) is 6.07 Å². The van der Waals surface area contributed by atoms with Gasteiger partial charge in [-0.15, -0.1) is 21.5 Å². The van der Waals surface area contributed by atoms with Gasteiger partial charge in [0.1, 0.15) is 12.4 Å². The number of likely N-dealkylation sites (N-methyl/N-ethyl adjacent to an activating group) is 1. The number of hydrogen-bond donors (Lipinski definition) is 0. The highest BCUT2D eigenvalue weighted by Crippen LogP contribution is 2.14. The molecule has 0 fully saturated rings. The number of thiophene rings is 1. The minimum absolute atomic E-state index is 0.00999. The molecule has 8 heteroatoms. The molecule has 0 radical (unpaired) electrons. The van der Waals surface area contributed by atoms with Gasteiger partial charge in [-0.05, 0) is 40.9 Å². The van der Waals surface area contributed by atoms with E-state index in [1.807, 2.05) is 17.5 Å². The lowest BCUT2D eigenvalue weighted by atomic mass is 10.2. The molecular formula is C15H14FN5OS. The molecule has 1 amide bonds. The van der Waals surface area contributed by atoms with E-state index >= 15 is 0 Å². The third-order valence-electron chi connectivity index (χ3n) is 3.23. The molecule has 0 N–H and O–H groups in total. The maximum atomic E-state index is 12.9. The van der Waals surface area contributed by atoms with Crippen molar-refractivity contribution in [1.82, 2.24) is 25.1 Å². The summed E-state index contributed by atoms with van der Waals surface area (Å²) < 4.78 is 12.9. The van der Waals surface area contributed by atoms with Gasteiger partial charge in [0.2, 0.25) is 11.7 Å². The minimum Gasteiger partial charge on any atom is -0.339 e. The van der Waals surface area contributed by atoms with E-state index in [9.17, 15) is 9.18 Å². The van der Waals surface area contributed by atoms with Gasteiger partial charge in [-0.25, -0.2) is 4.39 Å². The number of tetrazole rings is 1. The zero-order chi connectivity index (χ0) is 16.2. The molecule has 2 heterocycles. The van der Waals surface area contributed by atoms with E-state index < -0.39 is 0 Å². The van der Waals surface area contributed by atoms with Gasteiger partial charge in [0, 0.05) is 17.5 Å². The minimum atomic E-state index is -0.327. The van der Waals surface area contributed by atoms with Crippen molar-refractivity contribution in [3.8, 4) is 11.4 Å². The molecule has 0 aliphatic heterocycles. The van der Waals surface area contributed by atoms with Crippen LogP contribution in [0, 0.1) is 5.82 Å². The first-order valence-electron chi connectivity index (χ1n) is 6.92. The smallest absolute Gasteiger partial charge is 0.246 e. The van der Waals surface area contributed by atoms with Crippen molar-refractivity contribution in [2.75, 3.05) is 7.05 Å². The molecule has 6 nitrogen and oxygen atoms in total. The van der Waals surface area contributed by atoms with Gasteiger partial charge in [0.05, 0.1) is 6.54 Å². The third-order valence-corrected chi connectivity index (χ3v) is 4.09. The lowest BCUT2D eigenvalue weighted by Crippen LogP contribution is -2.30. The van der Waals surface area contributed by atoms with Gasteiger partial charge in [-0.3, -0.25) is 4.79 Å². The van der Waals surface area contributed by atoms with Crippen LogP contribution in [0.2, 0.25) is 0 Å². The maximum Gasteiger partial charge on any atom is 0.246 e. The van der Waals surface area contributed by atoms with Crippen LogP contribution in [0.1, 0.15) is 4.88 Å². The predicted molar refractivity (Wildman–Crippen MR) is 84.0 cm³/mol. The largest absolute Gasteiger partial charge is 0.339 e.